The summed E-state index contributed by atoms with van der Waals surface area (Å²) < 4.78 is 5.05. The Bertz CT molecular complexity index is 49.7. The molecule has 0 spiro atoms. The molecule has 50 valence electrons. The van der Waals surface area contributed by atoms with Crippen molar-refractivity contribution < 1.29 is 4.74 Å². The van der Waals surface area contributed by atoms with Crippen molar-refractivity contribution in [2.75, 3.05) is 12.8 Å². The molecule has 3 heteroatoms. The molecule has 0 radical (unpaired) electrons. The number of rotatable bonds is 4. The van der Waals surface area contributed by atoms with Crippen molar-refractivity contribution in [3.05, 3.63) is 0 Å². The van der Waals surface area contributed by atoms with Crippen LogP contribution in [0, 0.1) is 0 Å². The van der Waals surface area contributed by atoms with E-state index in [9.17, 15) is 0 Å². The average molecular weight is 135 g/mol. The van der Waals surface area contributed by atoms with E-state index in [1.165, 1.54) is 0 Å². The summed E-state index contributed by atoms with van der Waals surface area (Å²) in [6.07, 6.45) is 2.06. The Morgan fingerprint density at radius 2 is 2.38 bits per heavy atom. The molecule has 0 heterocycles. The molecule has 0 amide bonds. The third-order valence-electron chi connectivity index (χ3n) is 0.729. The summed E-state index contributed by atoms with van der Waals surface area (Å²) in [4.78, 5) is 0. The Balaban J connectivity index is 2.72. The second kappa shape index (κ2) is 5.49. The minimum atomic E-state index is -0.105. The highest BCUT2D eigenvalue weighted by Crippen LogP contribution is 1.89. The van der Waals surface area contributed by atoms with E-state index in [0.29, 0.717) is 0 Å². The topological polar surface area (TPSA) is 35.2 Å². The van der Waals surface area contributed by atoms with Gasteiger partial charge in [-0.3, -0.25) is 0 Å². The third-order valence-corrected chi connectivity index (χ3v) is 1.14. The summed E-state index contributed by atoms with van der Waals surface area (Å²) >= 11 is 0. The van der Waals surface area contributed by atoms with E-state index in [1.54, 1.807) is 0 Å². The SMILES string of the molecule is CC(N)OCCCP. The second-order valence-corrected chi connectivity index (χ2v) is 2.30. The molecule has 0 fully saturated rings. The lowest BCUT2D eigenvalue weighted by Gasteiger charge is -2.04. The average Bonchev–Trinajstić information content (AvgIpc) is 1.66. The molecule has 0 saturated carbocycles. The molecule has 0 aliphatic carbocycles. The van der Waals surface area contributed by atoms with E-state index in [-0.39, 0.29) is 6.23 Å². The molecule has 0 rings (SSSR count). The molecule has 0 aromatic rings. The van der Waals surface area contributed by atoms with Gasteiger partial charge in [0, 0.05) is 6.61 Å². The van der Waals surface area contributed by atoms with Gasteiger partial charge in [-0.15, -0.1) is 9.24 Å². The smallest absolute Gasteiger partial charge is 0.102 e. The van der Waals surface area contributed by atoms with E-state index in [2.05, 4.69) is 9.24 Å². The molecule has 0 aliphatic heterocycles. The first kappa shape index (κ1) is 8.35. The molecule has 0 aromatic heterocycles. The maximum atomic E-state index is 5.30. The summed E-state index contributed by atoms with van der Waals surface area (Å²) in [5.74, 6) is 0. The van der Waals surface area contributed by atoms with E-state index in [0.717, 1.165) is 19.2 Å². The van der Waals surface area contributed by atoms with Crippen LogP contribution in [0.1, 0.15) is 13.3 Å². The number of hydrogen-bond acceptors (Lipinski definition) is 2. The van der Waals surface area contributed by atoms with Crippen molar-refractivity contribution in [3.8, 4) is 0 Å². The van der Waals surface area contributed by atoms with E-state index < -0.39 is 0 Å². The van der Waals surface area contributed by atoms with Crippen LogP contribution in [-0.4, -0.2) is 19.0 Å². The Hall–Kier alpha value is 0.350. The second-order valence-electron chi connectivity index (χ2n) is 1.72. The van der Waals surface area contributed by atoms with Crippen LogP contribution in [0.2, 0.25) is 0 Å². The number of hydrogen-bond donors (Lipinski definition) is 1. The summed E-state index contributed by atoms with van der Waals surface area (Å²) in [5.41, 5.74) is 5.30. The van der Waals surface area contributed by atoms with Crippen molar-refractivity contribution in [2.24, 2.45) is 5.73 Å². The third kappa shape index (κ3) is 6.35. The van der Waals surface area contributed by atoms with Crippen LogP contribution in [0.3, 0.4) is 0 Å². The van der Waals surface area contributed by atoms with Crippen LogP contribution >= 0.6 is 9.24 Å². The predicted octanol–water partition coefficient (Wildman–Crippen LogP) is 0.573. The van der Waals surface area contributed by atoms with E-state index >= 15 is 0 Å². The minimum Gasteiger partial charge on any atom is -0.364 e. The molecular formula is C5H14NOP. The van der Waals surface area contributed by atoms with Crippen molar-refractivity contribution in [3.63, 3.8) is 0 Å². The lowest BCUT2D eigenvalue weighted by Crippen LogP contribution is -2.19. The number of nitrogens with two attached hydrogens (primary N) is 1. The van der Waals surface area contributed by atoms with Crippen LogP contribution < -0.4 is 5.73 Å². The van der Waals surface area contributed by atoms with Gasteiger partial charge in [0.25, 0.3) is 0 Å². The van der Waals surface area contributed by atoms with Gasteiger partial charge >= 0.3 is 0 Å². The van der Waals surface area contributed by atoms with Crippen molar-refractivity contribution in [1.29, 1.82) is 0 Å². The zero-order valence-corrected chi connectivity index (χ0v) is 6.42. The molecule has 8 heavy (non-hydrogen) atoms. The summed E-state index contributed by atoms with van der Waals surface area (Å²) in [7, 11) is 2.64. The van der Waals surface area contributed by atoms with Gasteiger partial charge in [0.05, 0.1) is 0 Å². The number of ether oxygens (including phenoxy) is 1. The van der Waals surface area contributed by atoms with Crippen LogP contribution in [0.5, 0.6) is 0 Å². The minimum absolute atomic E-state index is 0.105. The molecule has 2 N–H and O–H groups in total. The maximum Gasteiger partial charge on any atom is 0.102 e. The fourth-order valence-electron chi connectivity index (χ4n) is 0.353. The normalized spacial score (nSPS) is 13.9. The van der Waals surface area contributed by atoms with Gasteiger partial charge in [-0.25, -0.2) is 0 Å². The van der Waals surface area contributed by atoms with Crippen molar-refractivity contribution in [2.45, 2.75) is 19.6 Å². The Labute approximate surface area is 53.0 Å². The molecular weight excluding hydrogens is 121 g/mol. The van der Waals surface area contributed by atoms with Gasteiger partial charge in [-0.1, -0.05) is 0 Å². The van der Waals surface area contributed by atoms with Gasteiger partial charge in [0.15, 0.2) is 0 Å². The first-order valence-electron chi connectivity index (χ1n) is 2.84. The van der Waals surface area contributed by atoms with E-state index in [1.807, 2.05) is 6.92 Å². The maximum absolute atomic E-state index is 5.30. The predicted molar refractivity (Wildman–Crippen MR) is 38.8 cm³/mol. The monoisotopic (exact) mass is 135 g/mol. The van der Waals surface area contributed by atoms with Gasteiger partial charge in [-0.05, 0) is 19.5 Å². The molecule has 0 aliphatic rings. The van der Waals surface area contributed by atoms with Crippen LogP contribution in [0.25, 0.3) is 0 Å². The highest BCUT2D eigenvalue weighted by molar-refractivity contribution is 7.16. The van der Waals surface area contributed by atoms with Crippen molar-refractivity contribution >= 4 is 9.24 Å². The first-order chi connectivity index (χ1) is 3.77. The van der Waals surface area contributed by atoms with Crippen LogP contribution in [-0.2, 0) is 4.74 Å². The standard InChI is InChI=1S/C5H14NOP/c1-5(6)7-3-2-4-8/h5H,2-4,6,8H2,1H3. The summed E-state index contributed by atoms with van der Waals surface area (Å²) in [6.45, 7) is 2.62. The van der Waals surface area contributed by atoms with Gasteiger partial charge < -0.3 is 10.5 Å². The van der Waals surface area contributed by atoms with Gasteiger partial charge in [-0.2, -0.15) is 0 Å². The fourth-order valence-corrected chi connectivity index (χ4v) is 0.519. The first-order valence-corrected chi connectivity index (χ1v) is 3.66. The van der Waals surface area contributed by atoms with E-state index in [4.69, 9.17) is 10.5 Å². The lowest BCUT2D eigenvalue weighted by atomic mass is 10.5. The highest BCUT2D eigenvalue weighted by atomic mass is 31.0. The van der Waals surface area contributed by atoms with Crippen LogP contribution in [0.4, 0.5) is 0 Å². The molecule has 0 bridgehead atoms. The zero-order chi connectivity index (χ0) is 6.41. The van der Waals surface area contributed by atoms with Crippen molar-refractivity contribution in [1.82, 2.24) is 0 Å². The Morgan fingerprint density at radius 1 is 1.75 bits per heavy atom. The quantitative estimate of drug-likeness (QED) is 0.347. The molecule has 2 nitrogen and oxygen atoms in total. The molecule has 0 saturated heterocycles. The molecule has 0 aromatic carbocycles. The Kier molecular flexibility index (Phi) is 5.73. The van der Waals surface area contributed by atoms with Crippen LogP contribution in [0.15, 0.2) is 0 Å². The zero-order valence-electron chi connectivity index (χ0n) is 5.26. The highest BCUT2D eigenvalue weighted by Gasteiger charge is 1.89. The van der Waals surface area contributed by atoms with Gasteiger partial charge in [0.2, 0.25) is 0 Å². The molecule has 2 unspecified atom stereocenters. The fraction of sp³-hybridized carbons (Fsp3) is 1.00. The van der Waals surface area contributed by atoms with Gasteiger partial charge in [0.1, 0.15) is 6.23 Å². The Morgan fingerprint density at radius 3 is 2.75 bits per heavy atom. The lowest BCUT2D eigenvalue weighted by molar-refractivity contribution is 0.0717. The molecule has 2 atom stereocenters. The summed E-state index contributed by atoms with van der Waals surface area (Å²) in [5, 5.41) is 0. The summed E-state index contributed by atoms with van der Waals surface area (Å²) in [6, 6.07) is 0. The largest absolute Gasteiger partial charge is 0.364 e.